The second-order valence-corrected chi connectivity index (χ2v) is 5.31. The number of hydrogen-bond donors (Lipinski definition) is 2. The second kappa shape index (κ2) is 7.93. The minimum atomic E-state index is -0.761. The van der Waals surface area contributed by atoms with Crippen molar-refractivity contribution in [1.29, 1.82) is 0 Å². The first-order chi connectivity index (χ1) is 9.85. The predicted octanol–water partition coefficient (Wildman–Crippen LogP) is 2.47. The number of hydrogen-bond acceptors (Lipinski definition) is 3. The smallest absolute Gasteiger partial charge is 0.251 e. The summed E-state index contributed by atoms with van der Waals surface area (Å²) in [4.78, 5) is 14.0. The van der Waals surface area contributed by atoms with Crippen LogP contribution in [0.4, 0.5) is 14.5 Å². The summed E-state index contributed by atoms with van der Waals surface area (Å²) in [5, 5.41) is 5.33. The van der Waals surface area contributed by atoms with Gasteiger partial charge in [-0.15, -0.1) is 0 Å². The number of halogens is 2. The number of anilines is 1. The number of benzene rings is 1. The molecule has 0 aliphatic carbocycles. The molecule has 0 saturated heterocycles. The number of amides is 1. The van der Waals surface area contributed by atoms with E-state index >= 15 is 0 Å². The largest absolute Gasteiger partial charge is 0.381 e. The summed E-state index contributed by atoms with van der Waals surface area (Å²) in [6.45, 7) is 4.83. The molecular formula is C15H23F2N3O. The van der Waals surface area contributed by atoms with Crippen LogP contribution < -0.4 is 10.6 Å². The number of nitrogens with zero attached hydrogens (tertiary/aromatic N) is 1. The number of carbonyl (C=O) groups excluding carboxylic acids is 1. The van der Waals surface area contributed by atoms with Gasteiger partial charge in [-0.1, -0.05) is 0 Å². The van der Waals surface area contributed by atoms with E-state index in [1.807, 2.05) is 25.9 Å². The lowest BCUT2D eigenvalue weighted by Crippen LogP contribution is -2.34. The van der Waals surface area contributed by atoms with Crippen molar-refractivity contribution >= 4 is 11.6 Å². The molecule has 4 nitrogen and oxygen atoms in total. The topological polar surface area (TPSA) is 44.4 Å². The maximum Gasteiger partial charge on any atom is 0.251 e. The van der Waals surface area contributed by atoms with Crippen molar-refractivity contribution in [2.45, 2.75) is 26.3 Å². The number of nitrogens with one attached hydrogen (secondary N) is 2. The Morgan fingerprint density at radius 3 is 2.33 bits per heavy atom. The monoisotopic (exact) mass is 299 g/mol. The summed E-state index contributed by atoms with van der Waals surface area (Å²) in [5.74, 6) is -1.99. The molecule has 0 aliphatic heterocycles. The van der Waals surface area contributed by atoms with Crippen LogP contribution in [0.1, 0.15) is 30.6 Å². The molecule has 0 aromatic heterocycles. The van der Waals surface area contributed by atoms with Gasteiger partial charge in [0.25, 0.3) is 5.91 Å². The zero-order valence-electron chi connectivity index (χ0n) is 13.0. The normalized spacial score (nSPS) is 12.3. The van der Waals surface area contributed by atoms with Crippen LogP contribution >= 0.6 is 0 Å². The molecule has 1 aromatic rings. The number of carbonyl (C=O) groups is 1. The molecule has 1 unspecified atom stereocenters. The first-order valence-corrected chi connectivity index (χ1v) is 7.03. The fourth-order valence-electron chi connectivity index (χ4n) is 1.88. The molecule has 118 valence electrons. The lowest BCUT2D eigenvalue weighted by Gasteiger charge is -2.17. The molecule has 21 heavy (non-hydrogen) atoms. The Balaban J connectivity index is 2.74. The van der Waals surface area contributed by atoms with Crippen LogP contribution in [0.2, 0.25) is 0 Å². The third-order valence-electron chi connectivity index (χ3n) is 3.04. The SMILES string of the molecule is CCNc1c(F)cc(C(=O)NC(C)CCN(C)C)cc1F. The molecule has 0 spiro atoms. The highest BCUT2D eigenvalue weighted by molar-refractivity contribution is 5.94. The van der Waals surface area contributed by atoms with Gasteiger partial charge < -0.3 is 15.5 Å². The molecule has 0 heterocycles. The predicted molar refractivity (Wildman–Crippen MR) is 80.6 cm³/mol. The van der Waals surface area contributed by atoms with E-state index in [0.717, 1.165) is 25.1 Å². The quantitative estimate of drug-likeness (QED) is 0.813. The van der Waals surface area contributed by atoms with E-state index in [2.05, 4.69) is 10.6 Å². The van der Waals surface area contributed by atoms with E-state index in [9.17, 15) is 13.6 Å². The minimum Gasteiger partial charge on any atom is -0.381 e. The molecule has 1 rings (SSSR count). The fraction of sp³-hybridized carbons (Fsp3) is 0.533. The van der Waals surface area contributed by atoms with Crippen molar-refractivity contribution in [2.75, 3.05) is 32.5 Å². The van der Waals surface area contributed by atoms with E-state index in [1.165, 1.54) is 0 Å². The van der Waals surface area contributed by atoms with E-state index in [-0.39, 0.29) is 17.3 Å². The fourth-order valence-corrected chi connectivity index (χ4v) is 1.88. The van der Waals surface area contributed by atoms with Crippen molar-refractivity contribution in [3.63, 3.8) is 0 Å². The van der Waals surface area contributed by atoms with Gasteiger partial charge in [-0.25, -0.2) is 8.78 Å². The van der Waals surface area contributed by atoms with Gasteiger partial charge in [0.05, 0.1) is 0 Å². The van der Waals surface area contributed by atoms with E-state index < -0.39 is 17.5 Å². The molecule has 1 aromatic carbocycles. The van der Waals surface area contributed by atoms with Gasteiger partial charge in [-0.05, 0) is 53.0 Å². The summed E-state index contributed by atoms with van der Waals surface area (Å²) >= 11 is 0. The Hall–Kier alpha value is -1.69. The van der Waals surface area contributed by atoms with Gasteiger partial charge in [0.2, 0.25) is 0 Å². The van der Waals surface area contributed by atoms with Gasteiger partial charge in [0.15, 0.2) is 0 Å². The molecule has 0 fully saturated rings. The van der Waals surface area contributed by atoms with Gasteiger partial charge in [0.1, 0.15) is 17.3 Å². The van der Waals surface area contributed by atoms with Crippen LogP contribution in [0.3, 0.4) is 0 Å². The average Bonchev–Trinajstić information content (AvgIpc) is 2.40. The average molecular weight is 299 g/mol. The summed E-state index contributed by atoms with van der Waals surface area (Å²) in [6, 6.07) is 2.03. The Bertz CT molecular complexity index is 469. The zero-order valence-corrected chi connectivity index (χ0v) is 13.0. The minimum absolute atomic E-state index is 0.0108. The lowest BCUT2D eigenvalue weighted by atomic mass is 10.1. The Labute approximate surface area is 124 Å². The van der Waals surface area contributed by atoms with Crippen molar-refractivity contribution < 1.29 is 13.6 Å². The van der Waals surface area contributed by atoms with Gasteiger partial charge >= 0.3 is 0 Å². The molecule has 1 atom stereocenters. The molecule has 6 heteroatoms. The zero-order chi connectivity index (χ0) is 16.0. The van der Waals surface area contributed by atoms with Crippen LogP contribution in [0.25, 0.3) is 0 Å². The highest BCUT2D eigenvalue weighted by Crippen LogP contribution is 2.20. The van der Waals surface area contributed by atoms with Crippen LogP contribution in [0.5, 0.6) is 0 Å². The Kier molecular flexibility index (Phi) is 6.55. The molecule has 2 N–H and O–H groups in total. The lowest BCUT2D eigenvalue weighted by molar-refractivity contribution is 0.0936. The number of rotatable bonds is 7. The molecule has 0 bridgehead atoms. The van der Waals surface area contributed by atoms with Crippen LogP contribution in [0.15, 0.2) is 12.1 Å². The first kappa shape index (κ1) is 17.4. The summed E-state index contributed by atoms with van der Waals surface area (Å²) < 4.78 is 27.5. The van der Waals surface area contributed by atoms with Crippen molar-refractivity contribution in [3.8, 4) is 0 Å². The highest BCUT2D eigenvalue weighted by Gasteiger charge is 2.16. The third kappa shape index (κ3) is 5.30. The molecule has 0 radical (unpaired) electrons. The van der Waals surface area contributed by atoms with E-state index in [4.69, 9.17) is 0 Å². The van der Waals surface area contributed by atoms with Gasteiger partial charge in [-0.2, -0.15) is 0 Å². The van der Waals surface area contributed by atoms with Crippen molar-refractivity contribution in [2.24, 2.45) is 0 Å². The maximum absolute atomic E-state index is 13.8. The third-order valence-corrected chi connectivity index (χ3v) is 3.04. The van der Waals surface area contributed by atoms with E-state index in [0.29, 0.717) is 6.54 Å². The van der Waals surface area contributed by atoms with Crippen LogP contribution in [0, 0.1) is 11.6 Å². The molecular weight excluding hydrogens is 276 g/mol. The Morgan fingerprint density at radius 2 is 1.86 bits per heavy atom. The molecule has 0 saturated carbocycles. The standard InChI is InChI=1S/C15H23F2N3O/c1-5-18-14-12(16)8-11(9-13(14)17)15(21)19-10(2)6-7-20(3)4/h8-10,18H,5-7H2,1-4H3,(H,19,21). The molecule has 0 aliphatic rings. The van der Waals surface area contributed by atoms with Gasteiger partial charge in [0, 0.05) is 18.2 Å². The Morgan fingerprint density at radius 1 is 1.29 bits per heavy atom. The highest BCUT2D eigenvalue weighted by atomic mass is 19.1. The second-order valence-electron chi connectivity index (χ2n) is 5.31. The molecule has 1 amide bonds. The summed E-state index contributed by atoms with van der Waals surface area (Å²) in [7, 11) is 3.89. The first-order valence-electron chi connectivity index (χ1n) is 7.03. The van der Waals surface area contributed by atoms with Gasteiger partial charge in [-0.3, -0.25) is 4.79 Å². The van der Waals surface area contributed by atoms with Crippen LogP contribution in [-0.2, 0) is 0 Å². The van der Waals surface area contributed by atoms with Crippen molar-refractivity contribution in [1.82, 2.24) is 10.2 Å². The summed E-state index contributed by atoms with van der Waals surface area (Å²) in [5.41, 5.74) is -0.210. The van der Waals surface area contributed by atoms with Crippen LogP contribution in [-0.4, -0.2) is 44.0 Å². The summed E-state index contributed by atoms with van der Waals surface area (Å²) in [6.07, 6.45) is 0.763. The van der Waals surface area contributed by atoms with Crippen molar-refractivity contribution in [3.05, 3.63) is 29.3 Å². The van der Waals surface area contributed by atoms with E-state index in [1.54, 1.807) is 6.92 Å². The maximum atomic E-state index is 13.8.